The highest BCUT2D eigenvalue weighted by molar-refractivity contribution is 5.30. The summed E-state index contributed by atoms with van der Waals surface area (Å²) >= 11 is 0. The molecule has 2 unspecified atom stereocenters. The number of rotatable bonds is 8. The van der Waals surface area contributed by atoms with E-state index in [1.807, 2.05) is 19.9 Å². The minimum atomic E-state index is -0.329. The number of methoxy groups -OCH3 is 1. The molecule has 1 rings (SSSR count). The van der Waals surface area contributed by atoms with Gasteiger partial charge in [0, 0.05) is 26.2 Å². The Kier molecular flexibility index (Phi) is 6.81. The molecule has 1 aromatic rings. The number of ether oxygens (including phenoxy) is 2. The van der Waals surface area contributed by atoms with Gasteiger partial charge in [-0.3, -0.25) is 0 Å². The van der Waals surface area contributed by atoms with Gasteiger partial charge >= 0.3 is 0 Å². The molecule has 2 N–H and O–H groups in total. The topological polar surface area (TPSA) is 44.5 Å². The van der Waals surface area contributed by atoms with Crippen molar-refractivity contribution < 1.29 is 13.9 Å². The predicted molar refractivity (Wildman–Crippen MR) is 75.0 cm³/mol. The minimum Gasteiger partial charge on any atom is -0.488 e. The van der Waals surface area contributed by atoms with Crippen LogP contribution in [-0.2, 0) is 11.2 Å². The molecule has 0 aliphatic rings. The Morgan fingerprint density at radius 1 is 1.37 bits per heavy atom. The third-order valence-corrected chi connectivity index (χ3v) is 3.08. The van der Waals surface area contributed by atoms with E-state index in [9.17, 15) is 4.39 Å². The molecular formula is C15H24FNO2. The van der Waals surface area contributed by atoms with Crippen LogP contribution in [-0.4, -0.2) is 25.9 Å². The summed E-state index contributed by atoms with van der Waals surface area (Å²) in [6.45, 7) is 4.53. The van der Waals surface area contributed by atoms with E-state index in [0.717, 1.165) is 18.4 Å². The van der Waals surface area contributed by atoms with Gasteiger partial charge in [-0.1, -0.05) is 13.0 Å². The van der Waals surface area contributed by atoms with Crippen molar-refractivity contribution in [1.82, 2.24) is 0 Å². The summed E-state index contributed by atoms with van der Waals surface area (Å²) in [6.07, 6.45) is 2.23. The maximum atomic E-state index is 13.9. The number of benzene rings is 1. The summed E-state index contributed by atoms with van der Waals surface area (Å²) in [5, 5.41) is 0. The van der Waals surface area contributed by atoms with Crippen LogP contribution in [0, 0.1) is 5.82 Å². The SMILES string of the molecule is CCC(N)Cc1ccc(OC(C)CCOC)c(F)c1. The van der Waals surface area contributed by atoms with E-state index < -0.39 is 0 Å². The zero-order chi connectivity index (χ0) is 14.3. The molecule has 0 fully saturated rings. The molecule has 108 valence electrons. The van der Waals surface area contributed by atoms with Gasteiger partial charge in [-0.25, -0.2) is 4.39 Å². The summed E-state index contributed by atoms with van der Waals surface area (Å²) in [7, 11) is 1.64. The van der Waals surface area contributed by atoms with Crippen LogP contribution in [0.1, 0.15) is 32.3 Å². The third-order valence-electron chi connectivity index (χ3n) is 3.08. The lowest BCUT2D eigenvalue weighted by molar-refractivity contribution is 0.132. The maximum Gasteiger partial charge on any atom is 0.165 e. The van der Waals surface area contributed by atoms with Crippen LogP contribution in [0.5, 0.6) is 5.75 Å². The first kappa shape index (κ1) is 15.9. The van der Waals surface area contributed by atoms with Crippen molar-refractivity contribution in [3.63, 3.8) is 0 Å². The van der Waals surface area contributed by atoms with Gasteiger partial charge in [-0.2, -0.15) is 0 Å². The highest BCUT2D eigenvalue weighted by Crippen LogP contribution is 2.21. The average Bonchev–Trinajstić information content (AvgIpc) is 2.39. The molecule has 0 aliphatic carbocycles. The summed E-state index contributed by atoms with van der Waals surface area (Å²) in [5.41, 5.74) is 6.77. The Bertz CT molecular complexity index is 384. The lowest BCUT2D eigenvalue weighted by atomic mass is 10.0. The van der Waals surface area contributed by atoms with Crippen LogP contribution in [0.4, 0.5) is 4.39 Å². The molecule has 0 saturated carbocycles. The van der Waals surface area contributed by atoms with Gasteiger partial charge < -0.3 is 15.2 Å². The first-order chi connectivity index (χ1) is 9.06. The molecule has 0 heterocycles. The summed E-state index contributed by atoms with van der Waals surface area (Å²) in [4.78, 5) is 0. The Morgan fingerprint density at radius 3 is 2.68 bits per heavy atom. The first-order valence-corrected chi connectivity index (χ1v) is 6.76. The Balaban J connectivity index is 2.61. The molecule has 0 aliphatic heterocycles. The highest BCUT2D eigenvalue weighted by atomic mass is 19.1. The van der Waals surface area contributed by atoms with E-state index in [0.29, 0.717) is 13.0 Å². The fraction of sp³-hybridized carbons (Fsp3) is 0.600. The normalized spacial score (nSPS) is 14.2. The van der Waals surface area contributed by atoms with Crippen LogP contribution in [0.3, 0.4) is 0 Å². The number of hydrogen-bond donors (Lipinski definition) is 1. The molecular weight excluding hydrogens is 245 g/mol. The van der Waals surface area contributed by atoms with Crippen LogP contribution in [0.2, 0.25) is 0 Å². The molecule has 0 bridgehead atoms. The lowest BCUT2D eigenvalue weighted by Crippen LogP contribution is -2.21. The van der Waals surface area contributed by atoms with Crippen molar-refractivity contribution in [1.29, 1.82) is 0 Å². The molecule has 19 heavy (non-hydrogen) atoms. The van der Waals surface area contributed by atoms with Gasteiger partial charge in [-0.15, -0.1) is 0 Å². The third kappa shape index (κ3) is 5.57. The fourth-order valence-corrected chi connectivity index (χ4v) is 1.77. The second-order valence-electron chi connectivity index (χ2n) is 4.85. The van der Waals surface area contributed by atoms with Crippen LogP contribution in [0.15, 0.2) is 18.2 Å². The van der Waals surface area contributed by atoms with E-state index >= 15 is 0 Å². The molecule has 2 atom stereocenters. The average molecular weight is 269 g/mol. The van der Waals surface area contributed by atoms with E-state index in [1.165, 1.54) is 6.07 Å². The van der Waals surface area contributed by atoms with Crippen LogP contribution >= 0.6 is 0 Å². The molecule has 0 amide bonds. The lowest BCUT2D eigenvalue weighted by Gasteiger charge is -2.16. The summed E-state index contributed by atoms with van der Waals surface area (Å²) < 4.78 is 24.4. The largest absolute Gasteiger partial charge is 0.488 e. The van der Waals surface area contributed by atoms with E-state index in [1.54, 1.807) is 13.2 Å². The first-order valence-electron chi connectivity index (χ1n) is 6.76. The molecule has 0 saturated heterocycles. The zero-order valence-corrected chi connectivity index (χ0v) is 12.0. The van der Waals surface area contributed by atoms with E-state index in [2.05, 4.69) is 0 Å². The van der Waals surface area contributed by atoms with Crippen molar-refractivity contribution in [2.75, 3.05) is 13.7 Å². The van der Waals surface area contributed by atoms with Gasteiger partial charge in [0.1, 0.15) is 0 Å². The predicted octanol–water partition coefficient (Wildman–Crippen LogP) is 2.91. The van der Waals surface area contributed by atoms with Crippen molar-refractivity contribution in [2.45, 2.75) is 45.3 Å². The standard InChI is InChI=1S/C15H24FNO2/c1-4-13(17)9-12-5-6-15(14(16)10-12)19-11(2)7-8-18-3/h5-6,10-11,13H,4,7-9,17H2,1-3H3. The smallest absolute Gasteiger partial charge is 0.165 e. The van der Waals surface area contributed by atoms with Crippen molar-refractivity contribution in [3.8, 4) is 5.75 Å². The monoisotopic (exact) mass is 269 g/mol. The summed E-state index contributed by atoms with van der Waals surface area (Å²) in [5.74, 6) is -0.0394. The summed E-state index contributed by atoms with van der Waals surface area (Å²) in [6, 6.07) is 5.13. The molecule has 0 spiro atoms. The minimum absolute atomic E-state index is 0.0711. The number of hydrogen-bond acceptors (Lipinski definition) is 3. The Labute approximate surface area is 114 Å². The molecule has 0 aromatic heterocycles. The molecule has 1 aromatic carbocycles. The molecule has 4 heteroatoms. The Hall–Kier alpha value is -1.13. The van der Waals surface area contributed by atoms with Gasteiger partial charge in [0.15, 0.2) is 11.6 Å². The van der Waals surface area contributed by atoms with Crippen molar-refractivity contribution in [3.05, 3.63) is 29.6 Å². The van der Waals surface area contributed by atoms with Gasteiger partial charge in [0.05, 0.1) is 6.10 Å². The fourth-order valence-electron chi connectivity index (χ4n) is 1.77. The van der Waals surface area contributed by atoms with Crippen molar-refractivity contribution >= 4 is 0 Å². The van der Waals surface area contributed by atoms with Crippen molar-refractivity contribution in [2.24, 2.45) is 5.73 Å². The second kappa shape index (κ2) is 8.12. The highest BCUT2D eigenvalue weighted by Gasteiger charge is 2.10. The maximum absolute atomic E-state index is 13.9. The van der Waals surface area contributed by atoms with Gasteiger partial charge in [0.25, 0.3) is 0 Å². The van der Waals surface area contributed by atoms with E-state index in [-0.39, 0.29) is 23.7 Å². The van der Waals surface area contributed by atoms with Gasteiger partial charge in [0.2, 0.25) is 0 Å². The number of halogens is 1. The van der Waals surface area contributed by atoms with E-state index in [4.69, 9.17) is 15.2 Å². The Morgan fingerprint density at radius 2 is 2.11 bits per heavy atom. The molecule has 3 nitrogen and oxygen atoms in total. The van der Waals surface area contributed by atoms with Crippen LogP contribution < -0.4 is 10.5 Å². The molecule has 0 radical (unpaired) electrons. The quantitative estimate of drug-likeness (QED) is 0.789. The van der Waals surface area contributed by atoms with Gasteiger partial charge in [-0.05, 0) is 37.5 Å². The zero-order valence-electron chi connectivity index (χ0n) is 12.0. The second-order valence-corrected chi connectivity index (χ2v) is 4.85. The van der Waals surface area contributed by atoms with Crippen LogP contribution in [0.25, 0.3) is 0 Å². The number of nitrogens with two attached hydrogens (primary N) is 1.